The van der Waals surface area contributed by atoms with Gasteiger partial charge in [-0.15, -0.1) is 5.10 Å². The number of hydrogen-bond acceptors (Lipinski definition) is 8. The molecule has 6 rings (SSSR count). The average molecular weight is 502 g/mol. The van der Waals surface area contributed by atoms with Crippen LogP contribution in [0, 0.1) is 24.5 Å². The quantitative estimate of drug-likeness (QED) is 0.527. The summed E-state index contributed by atoms with van der Waals surface area (Å²) in [4.78, 5) is 9.32. The third kappa shape index (κ3) is 4.17. The lowest BCUT2D eigenvalue weighted by Crippen LogP contribution is -2.31. The van der Waals surface area contributed by atoms with Crippen molar-refractivity contribution in [2.45, 2.75) is 76.1 Å². The maximum atomic E-state index is 13.7. The highest BCUT2D eigenvalue weighted by molar-refractivity contribution is 5.72. The van der Waals surface area contributed by atoms with Crippen LogP contribution in [-0.4, -0.2) is 67.4 Å². The summed E-state index contributed by atoms with van der Waals surface area (Å²) < 4.78 is 47.1. The second-order valence-electron chi connectivity index (χ2n) is 10.4. The van der Waals surface area contributed by atoms with Crippen molar-refractivity contribution >= 4 is 11.2 Å². The Morgan fingerprint density at radius 1 is 1.14 bits per heavy atom. The average Bonchev–Trinajstić information content (AvgIpc) is 3.16. The number of benzene rings is 1. The van der Waals surface area contributed by atoms with Gasteiger partial charge in [0.25, 0.3) is 0 Å². The van der Waals surface area contributed by atoms with Crippen molar-refractivity contribution < 1.29 is 28.1 Å². The summed E-state index contributed by atoms with van der Waals surface area (Å²) in [5.74, 6) is -1.39. The maximum absolute atomic E-state index is 13.7. The monoisotopic (exact) mass is 501 g/mol. The molecule has 2 saturated carbocycles. The van der Waals surface area contributed by atoms with E-state index in [0.717, 1.165) is 17.7 Å². The highest BCUT2D eigenvalue weighted by Gasteiger charge is 2.56. The van der Waals surface area contributed by atoms with Crippen LogP contribution in [0.15, 0.2) is 18.2 Å². The van der Waals surface area contributed by atoms with Crippen LogP contribution in [0.4, 0.5) is 8.78 Å². The van der Waals surface area contributed by atoms with Crippen molar-refractivity contribution in [3.05, 3.63) is 46.9 Å². The van der Waals surface area contributed by atoms with Gasteiger partial charge in [0.2, 0.25) is 0 Å². The minimum Gasteiger partial charge on any atom is -0.394 e. The van der Waals surface area contributed by atoms with Crippen LogP contribution in [0.2, 0.25) is 0 Å². The van der Waals surface area contributed by atoms with E-state index in [4.69, 9.17) is 14.2 Å². The largest absolute Gasteiger partial charge is 0.394 e. The van der Waals surface area contributed by atoms with Crippen molar-refractivity contribution in [2.75, 3.05) is 13.2 Å². The number of nitrogens with zero attached hydrogens (tertiary/aromatic N) is 5. The standard InChI is InChI=1S/C25H29F2N5O4/c1-12-28-18(10-14-8-15(14)13-4-5-16(26)17(27)9-13)21-24(29-12)32(31-30-21)19-11-20(34-7-6-33)23-22(19)35-25(2,3)36-23/h4-5,9,14-15,19-20,22-23,33H,6-8,10-11H2,1-3H3/t14-,15-,19+,20-,22-,23+/m0/s1. The van der Waals surface area contributed by atoms with Gasteiger partial charge in [0.1, 0.15) is 18.0 Å². The summed E-state index contributed by atoms with van der Waals surface area (Å²) in [7, 11) is 0. The SMILES string of the molecule is Cc1nc(C[C@@H]2C[C@H]2c2ccc(F)c(F)c2)c2nnn([C@@H]3C[C@H](OCCO)[C@H]4OC(C)(C)O[C@H]43)c2n1. The summed E-state index contributed by atoms with van der Waals surface area (Å²) in [6.45, 7) is 5.72. The minimum absolute atomic E-state index is 0.0719. The zero-order valence-corrected chi connectivity index (χ0v) is 20.4. The Morgan fingerprint density at radius 3 is 2.72 bits per heavy atom. The molecule has 0 radical (unpaired) electrons. The molecule has 1 saturated heterocycles. The Hall–Kier alpha value is -2.60. The third-order valence-corrected chi connectivity index (χ3v) is 7.38. The topological polar surface area (TPSA) is 104 Å². The predicted molar refractivity (Wildman–Crippen MR) is 123 cm³/mol. The van der Waals surface area contributed by atoms with Crippen molar-refractivity contribution in [1.29, 1.82) is 0 Å². The third-order valence-electron chi connectivity index (χ3n) is 7.38. The molecule has 9 nitrogen and oxygen atoms in total. The maximum Gasteiger partial charge on any atom is 0.182 e. The zero-order valence-electron chi connectivity index (χ0n) is 20.4. The fourth-order valence-electron chi connectivity index (χ4n) is 5.76. The molecule has 2 aliphatic carbocycles. The highest BCUT2D eigenvalue weighted by atomic mass is 19.2. The molecule has 192 valence electrons. The summed E-state index contributed by atoms with van der Waals surface area (Å²) in [5.41, 5.74) is 2.86. The van der Waals surface area contributed by atoms with Crippen LogP contribution in [-0.2, 0) is 20.6 Å². The Morgan fingerprint density at radius 2 is 1.94 bits per heavy atom. The van der Waals surface area contributed by atoms with Crippen molar-refractivity contribution in [2.24, 2.45) is 5.92 Å². The van der Waals surface area contributed by atoms with Gasteiger partial charge in [0, 0.05) is 6.42 Å². The van der Waals surface area contributed by atoms with E-state index in [2.05, 4.69) is 20.3 Å². The highest BCUT2D eigenvalue weighted by Crippen LogP contribution is 2.50. The molecule has 1 aromatic carbocycles. The first-order valence-electron chi connectivity index (χ1n) is 12.4. The molecule has 11 heteroatoms. The van der Waals surface area contributed by atoms with Crippen LogP contribution in [0.25, 0.3) is 11.2 Å². The lowest BCUT2D eigenvalue weighted by atomic mass is 10.1. The van der Waals surface area contributed by atoms with Crippen LogP contribution in [0.1, 0.15) is 55.7 Å². The van der Waals surface area contributed by atoms with Crippen LogP contribution in [0.3, 0.4) is 0 Å². The molecule has 3 aliphatic rings. The van der Waals surface area contributed by atoms with E-state index >= 15 is 0 Å². The lowest BCUT2D eigenvalue weighted by Gasteiger charge is -2.23. The number of aryl methyl sites for hydroxylation is 1. The molecule has 0 amide bonds. The first kappa shape index (κ1) is 23.8. The van der Waals surface area contributed by atoms with Gasteiger partial charge in [-0.2, -0.15) is 0 Å². The van der Waals surface area contributed by atoms with Crippen LogP contribution in [0.5, 0.6) is 0 Å². The molecule has 6 atom stereocenters. The fourth-order valence-corrected chi connectivity index (χ4v) is 5.76. The van der Waals surface area contributed by atoms with Gasteiger partial charge in [-0.3, -0.25) is 0 Å². The summed E-state index contributed by atoms with van der Waals surface area (Å²) in [6, 6.07) is 3.91. The minimum atomic E-state index is -0.834. The Labute approximate surface area is 206 Å². The number of aliphatic hydroxyl groups is 1. The summed E-state index contributed by atoms with van der Waals surface area (Å²) >= 11 is 0. The number of fused-ring (bicyclic) bond motifs is 2. The summed E-state index contributed by atoms with van der Waals surface area (Å²) in [6.07, 6.45) is 1.27. The molecule has 36 heavy (non-hydrogen) atoms. The predicted octanol–water partition coefficient (Wildman–Crippen LogP) is 3.00. The number of aromatic nitrogens is 5. The Balaban J connectivity index is 1.27. The molecular formula is C25H29F2N5O4. The van der Waals surface area contributed by atoms with Gasteiger partial charge in [0.05, 0.1) is 31.1 Å². The second-order valence-corrected chi connectivity index (χ2v) is 10.4. The van der Waals surface area contributed by atoms with Crippen molar-refractivity contribution in [1.82, 2.24) is 25.0 Å². The molecule has 0 unspecified atom stereocenters. The molecule has 2 aromatic heterocycles. The molecule has 3 fully saturated rings. The molecule has 1 N–H and O–H groups in total. The number of halogens is 2. The number of ether oxygens (including phenoxy) is 3. The van der Waals surface area contributed by atoms with Crippen molar-refractivity contribution in [3.8, 4) is 0 Å². The van der Waals surface area contributed by atoms with Gasteiger partial charge in [-0.05, 0) is 63.1 Å². The molecule has 0 bridgehead atoms. The van der Waals surface area contributed by atoms with Crippen LogP contribution < -0.4 is 0 Å². The van der Waals surface area contributed by atoms with Crippen LogP contribution >= 0.6 is 0 Å². The number of hydrogen-bond donors (Lipinski definition) is 1. The Bertz CT molecular complexity index is 1300. The molecule has 3 aromatic rings. The van der Waals surface area contributed by atoms with Gasteiger partial charge < -0.3 is 19.3 Å². The first-order chi connectivity index (χ1) is 17.2. The van der Waals surface area contributed by atoms with E-state index in [9.17, 15) is 13.9 Å². The van der Waals surface area contributed by atoms with E-state index < -0.39 is 17.4 Å². The van der Waals surface area contributed by atoms with E-state index in [1.807, 2.05) is 20.8 Å². The van der Waals surface area contributed by atoms with E-state index in [1.165, 1.54) is 12.1 Å². The van der Waals surface area contributed by atoms with Gasteiger partial charge >= 0.3 is 0 Å². The summed E-state index contributed by atoms with van der Waals surface area (Å²) in [5, 5.41) is 18.1. The number of rotatable bonds is 7. The normalized spacial score (nSPS) is 30.7. The zero-order chi connectivity index (χ0) is 25.2. The smallest absolute Gasteiger partial charge is 0.182 e. The molecular weight excluding hydrogens is 472 g/mol. The molecule has 1 aliphatic heterocycles. The van der Waals surface area contributed by atoms with Gasteiger partial charge in [-0.1, -0.05) is 11.3 Å². The van der Waals surface area contributed by atoms with E-state index in [-0.39, 0.29) is 49.4 Å². The lowest BCUT2D eigenvalue weighted by molar-refractivity contribution is -0.171. The first-order valence-corrected chi connectivity index (χ1v) is 12.4. The molecule has 0 spiro atoms. The molecule has 3 heterocycles. The van der Waals surface area contributed by atoms with Gasteiger partial charge in [0.15, 0.2) is 28.6 Å². The van der Waals surface area contributed by atoms with E-state index in [1.54, 1.807) is 10.7 Å². The van der Waals surface area contributed by atoms with Gasteiger partial charge in [-0.25, -0.2) is 23.4 Å². The fraction of sp³-hybridized carbons (Fsp3) is 0.600. The Kier molecular flexibility index (Phi) is 5.78. The second kappa shape index (κ2) is 8.76. The van der Waals surface area contributed by atoms with Crippen molar-refractivity contribution in [3.63, 3.8) is 0 Å². The van der Waals surface area contributed by atoms with E-state index in [0.29, 0.717) is 29.8 Å². The number of aliphatic hydroxyl groups excluding tert-OH is 1.